The third-order valence-corrected chi connectivity index (χ3v) is 5.21. The molecule has 0 unspecified atom stereocenters. The van der Waals surface area contributed by atoms with E-state index in [4.69, 9.17) is 0 Å². The highest BCUT2D eigenvalue weighted by Gasteiger charge is 2.42. The van der Waals surface area contributed by atoms with Crippen LogP contribution in [0.3, 0.4) is 0 Å². The van der Waals surface area contributed by atoms with Crippen LogP contribution in [0.25, 0.3) is 0 Å². The molecule has 14 heavy (non-hydrogen) atoms. The van der Waals surface area contributed by atoms with Gasteiger partial charge in [-0.2, -0.15) is 0 Å². The van der Waals surface area contributed by atoms with E-state index in [1.807, 2.05) is 0 Å². The SMILES string of the molecule is CN(CC1(CBr)CC1)C1CCCCC1. The van der Waals surface area contributed by atoms with Crippen molar-refractivity contribution in [3.05, 3.63) is 0 Å². The number of rotatable bonds is 4. The summed E-state index contributed by atoms with van der Waals surface area (Å²) in [7, 11) is 2.33. The van der Waals surface area contributed by atoms with Crippen LogP contribution in [0.2, 0.25) is 0 Å². The Bertz CT molecular complexity index is 183. The summed E-state index contributed by atoms with van der Waals surface area (Å²) in [6.07, 6.45) is 10.1. The number of halogens is 1. The second kappa shape index (κ2) is 4.52. The Kier molecular flexibility index (Phi) is 3.54. The van der Waals surface area contributed by atoms with Crippen molar-refractivity contribution in [3.8, 4) is 0 Å². The summed E-state index contributed by atoms with van der Waals surface area (Å²) < 4.78 is 0. The van der Waals surface area contributed by atoms with E-state index in [-0.39, 0.29) is 0 Å². The van der Waals surface area contributed by atoms with Crippen LogP contribution in [0.1, 0.15) is 44.9 Å². The van der Waals surface area contributed by atoms with Crippen molar-refractivity contribution < 1.29 is 0 Å². The molecule has 0 atom stereocenters. The molecule has 0 aromatic carbocycles. The highest BCUT2D eigenvalue weighted by atomic mass is 79.9. The molecule has 2 fully saturated rings. The molecule has 0 amide bonds. The van der Waals surface area contributed by atoms with E-state index in [9.17, 15) is 0 Å². The molecule has 1 nitrogen and oxygen atoms in total. The Balaban J connectivity index is 1.79. The molecule has 2 rings (SSSR count). The second-order valence-corrected chi connectivity index (χ2v) is 5.90. The smallest absolute Gasteiger partial charge is 0.0100 e. The average Bonchev–Trinajstić information content (AvgIpc) is 3.00. The number of hydrogen-bond acceptors (Lipinski definition) is 1. The normalized spacial score (nSPS) is 26.8. The molecule has 0 aromatic heterocycles. The molecule has 82 valence electrons. The Labute approximate surface area is 96.4 Å². The summed E-state index contributed by atoms with van der Waals surface area (Å²) in [6, 6.07) is 0.889. The maximum Gasteiger partial charge on any atom is 0.0100 e. The third-order valence-electron chi connectivity index (χ3n) is 4.02. The van der Waals surface area contributed by atoms with E-state index < -0.39 is 0 Å². The zero-order chi connectivity index (χ0) is 10.0. The van der Waals surface area contributed by atoms with Crippen molar-refractivity contribution in [2.75, 3.05) is 18.9 Å². The molecular formula is C12H22BrN. The fourth-order valence-electron chi connectivity index (χ4n) is 2.69. The predicted molar refractivity (Wildman–Crippen MR) is 65.0 cm³/mol. The van der Waals surface area contributed by atoms with Crippen LogP contribution in [0.5, 0.6) is 0 Å². The van der Waals surface area contributed by atoms with Crippen molar-refractivity contribution in [1.29, 1.82) is 0 Å². The van der Waals surface area contributed by atoms with Gasteiger partial charge in [-0.3, -0.25) is 0 Å². The van der Waals surface area contributed by atoms with E-state index in [1.165, 1.54) is 56.8 Å². The Morgan fingerprint density at radius 3 is 2.36 bits per heavy atom. The second-order valence-electron chi connectivity index (χ2n) is 5.34. The van der Waals surface area contributed by atoms with Gasteiger partial charge in [-0.25, -0.2) is 0 Å². The van der Waals surface area contributed by atoms with Gasteiger partial charge in [0.25, 0.3) is 0 Å². The molecule has 2 heteroatoms. The highest BCUT2D eigenvalue weighted by Crippen LogP contribution is 2.48. The quantitative estimate of drug-likeness (QED) is 0.700. The zero-order valence-electron chi connectivity index (χ0n) is 9.27. The van der Waals surface area contributed by atoms with E-state index >= 15 is 0 Å². The Morgan fingerprint density at radius 1 is 1.21 bits per heavy atom. The molecule has 0 bridgehead atoms. The molecule has 2 saturated carbocycles. The van der Waals surface area contributed by atoms with Gasteiger partial charge in [0.15, 0.2) is 0 Å². The minimum Gasteiger partial charge on any atom is -0.303 e. The molecule has 0 aromatic rings. The van der Waals surface area contributed by atoms with Crippen LogP contribution >= 0.6 is 15.9 Å². The van der Waals surface area contributed by atoms with Crippen molar-refractivity contribution in [2.45, 2.75) is 51.0 Å². The summed E-state index contributed by atoms with van der Waals surface area (Å²) in [5, 5.41) is 1.21. The summed E-state index contributed by atoms with van der Waals surface area (Å²) in [5.74, 6) is 0. The van der Waals surface area contributed by atoms with Crippen LogP contribution in [0.4, 0.5) is 0 Å². The molecule has 2 aliphatic carbocycles. The molecular weight excluding hydrogens is 238 g/mol. The van der Waals surface area contributed by atoms with Gasteiger partial charge in [0.05, 0.1) is 0 Å². The molecule has 0 aliphatic heterocycles. The summed E-state index contributed by atoms with van der Waals surface area (Å²) >= 11 is 3.66. The minimum absolute atomic E-state index is 0.659. The summed E-state index contributed by atoms with van der Waals surface area (Å²) in [5.41, 5.74) is 0.659. The van der Waals surface area contributed by atoms with E-state index in [1.54, 1.807) is 0 Å². The fraction of sp³-hybridized carbons (Fsp3) is 1.00. The largest absolute Gasteiger partial charge is 0.303 e. The first-order valence-corrected chi connectivity index (χ1v) is 7.14. The van der Waals surface area contributed by atoms with Crippen LogP contribution in [-0.4, -0.2) is 29.9 Å². The topological polar surface area (TPSA) is 3.24 Å². The Morgan fingerprint density at radius 2 is 1.86 bits per heavy atom. The van der Waals surface area contributed by atoms with Crippen molar-refractivity contribution in [1.82, 2.24) is 4.90 Å². The van der Waals surface area contributed by atoms with E-state index in [2.05, 4.69) is 27.9 Å². The van der Waals surface area contributed by atoms with Crippen LogP contribution in [0.15, 0.2) is 0 Å². The lowest BCUT2D eigenvalue weighted by molar-refractivity contribution is 0.165. The van der Waals surface area contributed by atoms with E-state index in [0.717, 1.165) is 6.04 Å². The van der Waals surface area contributed by atoms with Gasteiger partial charge >= 0.3 is 0 Å². The molecule has 0 radical (unpaired) electrons. The first-order valence-electron chi connectivity index (χ1n) is 6.02. The van der Waals surface area contributed by atoms with Crippen molar-refractivity contribution >= 4 is 15.9 Å². The average molecular weight is 260 g/mol. The Hall–Kier alpha value is 0.440. The fourth-order valence-corrected chi connectivity index (χ4v) is 3.43. The predicted octanol–water partition coefficient (Wildman–Crippen LogP) is 3.43. The summed E-state index contributed by atoms with van der Waals surface area (Å²) in [4.78, 5) is 2.63. The van der Waals surface area contributed by atoms with Gasteiger partial charge in [0.2, 0.25) is 0 Å². The lowest BCUT2D eigenvalue weighted by Gasteiger charge is -2.33. The van der Waals surface area contributed by atoms with Gasteiger partial charge in [-0.05, 0) is 38.1 Å². The zero-order valence-corrected chi connectivity index (χ0v) is 10.9. The van der Waals surface area contributed by atoms with Gasteiger partial charge in [0, 0.05) is 17.9 Å². The van der Waals surface area contributed by atoms with Gasteiger partial charge in [0.1, 0.15) is 0 Å². The van der Waals surface area contributed by atoms with Crippen LogP contribution in [-0.2, 0) is 0 Å². The van der Waals surface area contributed by atoms with Gasteiger partial charge in [-0.1, -0.05) is 35.2 Å². The monoisotopic (exact) mass is 259 g/mol. The lowest BCUT2D eigenvalue weighted by Crippen LogP contribution is -2.38. The van der Waals surface area contributed by atoms with Crippen LogP contribution in [0, 0.1) is 5.41 Å². The minimum atomic E-state index is 0.659. The number of hydrogen-bond donors (Lipinski definition) is 0. The molecule has 2 aliphatic rings. The first kappa shape index (κ1) is 10.9. The first-order chi connectivity index (χ1) is 6.76. The lowest BCUT2D eigenvalue weighted by atomic mass is 9.93. The van der Waals surface area contributed by atoms with Gasteiger partial charge < -0.3 is 4.90 Å². The number of nitrogens with zero attached hydrogens (tertiary/aromatic N) is 1. The summed E-state index contributed by atoms with van der Waals surface area (Å²) in [6.45, 7) is 1.32. The molecule has 0 saturated heterocycles. The van der Waals surface area contributed by atoms with Crippen molar-refractivity contribution in [3.63, 3.8) is 0 Å². The third kappa shape index (κ3) is 2.52. The maximum absolute atomic E-state index is 3.66. The van der Waals surface area contributed by atoms with Gasteiger partial charge in [-0.15, -0.1) is 0 Å². The molecule has 0 N–H and O–H groups in total. The molecule has 0 heterocycles. The maximum atomic E-state index is 3.66. The standard InChI is InChI=1S/C12H22BrN/c1-14(10-12(9-13)7-8-12)11-5-3-2-4-6-11/h11H,2-10H2,1H3. The highest BCUT2D eigenvalue weighted by molar-refractivity contribution is 9.09. The number of alkyl halides is 1. The van der Waals surface area contributed by atoms with E-state index in [0.29, 0.717) is 5.41 Å². The van der Waals surface area contributed by atoms with Crippen LogP contribution < -0.4 is 0 Å². The molecule has 0 spiro atoms. The van der Waals surface area contributed by atoms with Crippen molar-refractivity contribution in [2.24, 2.45) is 5.41 Å².